The molecular weight excluding hydrogens is 300 g/mol. The van der Waals surface area contributed by atoms with Crippen LogP contribution in [0, 0.1) is 11.8 Å². The molecule has 4 atom stereocenters. The molecule has 1 aromatic rings. The summed E-state index contributed by atoms with van der Waals surface area (Å²) in [5, 5.41) is 8.81. The van der Waals surface area contributed by atoms with Gasteiger partial charge in [0.1, 0.15) is 0 Å². The van der Waals surface area contributed by atoms with Crippen LogP contribution >= 0.6 is 0 Å². The Morgan fingerprint density at radius 3 is 2.62 bits per heavy atom. The molecule has 2 heterocycles. The molecule has 2 fully saturated rings. The predicted molar refractivity (Wildman–Crippen MR) is 95.7 cm³/mol. The zero-order valence-electron chi connectivity index (χ0n) is 14.5. The van der Waals surface area contributed by atoms with Gasteiger partial charge in [0, 0.05) is 12.5 Å². The van der Waals surface area contributed by atoms with E-state index in [1.807, 2.05) is 6.07 Å². The van der Waals surface area contributed by atoms with Crippen LogP contribution in [0.15, 0.2) is 42.5 Å². The molecule has 0 spiro atoms. The molecule has 3 rings (SSSR count). The lowest BCUT2D eigenvalue weighted by Gasteiger charge is -2.27. The van der Waals surface area contributed by atoms with Crippen molar-refractivity contribution in [3.8, 4) is 0 Å². The summed E-state index contributed by atoms with van der Waals surface area (Å²) in [6.07, 6.45) is 12.0. The minimum Gasteiger partial charge on any atom is -0.396 e. The van der Waals surface area contributed by atoms with Crippen LogP contribution in [0.2, 0.25) is 0 Å². The third kappa shape index (κ3) is 4.69. The Bertz CT molecular complexity index is 499. The highest BCUT2D eigenvalue weighted by atomic mass is 16.5. The molecule has 0 aliphatic carbocycles. The second-order valence-corrected chi connectivity index (χ2v) is 7.05. The summed E-state index contributed by atoms with van der Waals surface area (Å²) in [7, 11) is 0. The minimum atomic E-state index is 0.300. The number of hydrogen-bond donors (Lipinski definition) is 1. The molecule has 1 aromatic carbocycles. The molecule has 0 unspecified atom stereocenters. The second kappa shape index (κ2) is 9.36. The first-order chi connectivity index (χ1) is 11.9. The van der Waals surface area contributed by atoms with Crippen LogP contribution in [0.3, 0.4) is 0 Å². The Morgan fingerprint density at radius 2 is 1.83 bits per heavy atom. The molecule has 3 nitrogen and oxygen atoms in total. The summed E-state index contributed by atoms with van der Waals surface area (Å²) < 4.78 is 12.2. The third-order valence-corrected chi connectivity index (χ3v) is 5.37. The Hall–Kier alpha value is -1.16. The molecular formula is C21H30O3. The maximum absolute atomic E-state index is 8.81. The smallest absolute Gasteiger partial charge is 0.0717 e. The first kappa shape index (κ1) is 17.7. The SMILES string of the molecule is OCCCCC=CC[C@H]1[C@@H](COCc2ccccc2)[C@H]2CC[C@@H]1O2. The van der Waals surface area contributed by atoms with Crippen LogP contribution in [0.5, 0.6) is 0 Å². The van der Waals surface area contributed by atoms with Crippen molar-refractivity contribution in [1.82, 2.24) is 0 Å². The van der Waals surface area contributed by atoms with Gasteiger partial charge in [0.25, 0.3) is 0 Å². The second-order valence-electron chi connectivity index (χ2n) is 7.05. The highest BCUT2D eigenvalue weighted by molar-refractivity contribution is 5.13. The number of fused-ring (bicyclic) bond motifs is 2. The average molecular weight is 330 g/mol. The maximum atomic E-state index is 8.81. The number of aliphatic hydroxyl groups excluding tert-OH is 1. The summed E-state index contributed by atoms with van der Waals surface area (Å²) in [5.74, 6) is 1.14. The summed E-state index contributed by atoms with van der Waals surface area (Å²) in [5.41, 5.74) is 1.24. The maximum Gasteiger partial charge on any atom is 0.0717 e. The fraction of sp³-hybridized carbons (Fsp3) is 0.619. The van der Waals surface area contributed by atoms with Crippen LogP contribution in [0.25, 0.3) is 0 Å². The molecule has 0 radical (unpaired) electrons. The number of rotatable bonds is 10. The molecule has 0 amide bonds. The van der Waals surface area contributed by atoms with E-state index in [0.29, 0.717) is 37.3 Å². The van der Waals surface area contributed by atoms with E-state index < -0.39 is 0 Å². The quantitative estimate of drug-likeness (QED) is 0.518. The Balaban J connectivity index is 1.44. The van der Waals surface area contributed by atoms with Gasteiger partial charge in [-0.05, 0) is 50.0 Å². The topological polar surface area (TPSA) is 38.7 Å². The van der Waals surface area contributed by atoms with Crippen molar-refractivity contribution in [2.75, 3.05) is 13.2 Å². The summed E-state index contributed by atoms with van der Waals surface area (Å²) in [4.78, 5) is 0. The number of benzene rings is 1. The fourth-order valence-electron chi connectivity index (χ4n) is 4.06. The third-order valence-electron chi connectivity index (χ3n) is 5.37. The lowest BCUT2D eigenvalue weighted by atomic mass is 9.78. The van der Waals surface area contributed by atoms with Gasteiger partial charge in [-0.25, -0.2) is 0 Å². The molecule has 0 saturated carbocycles. The molecule has 2 aliphatic rings. The van der Waals surface area contributed by atoms with E-state index in [-0.39, 0.29) is 0 Å². The lowest BCUT2D eigenvalue weighted by molar-refractivity contribution is 0.0419. The van der Waals surface area contributed by atoms with E-state index in [9.17, 15) is 0 Å². The minimum absolute atomic E-state index is 0.300. The van der Waals surface area contributed by atoms with E-state index in [1.165, 1.54) is 18.4 Å². The van der Waals surface area contributed by atoms with Crippen molar-refractivity contribution >= 4 is 0 Å². The van der Waals surface area contributed by atoms with Crippen molar-refractivity contribution in [3.63, 3.8) is 0 Å². The van der Waals surface area contributed by atoms with Gasteiger partial charge in [-0.1, -0.05) is 42.5 Å². The zero-order chi connectivity index (χ0) is 16.6. The first-order valence-corrected chi connectivity index (χ1v) is 9.41. The Morgan fingerprint density at radius 1 is 1.04 bits per heavy atom. The molecule has 0 aromatic heterocycles. The number of hydrogen-bond acceptors (Lipinski definition) is 3. The van der Waals surface area contributed by atoms with E-state index in [4.69, 9.17) is 14.6 Å². The molecule has 2 saturated heterocycles. The monoisotopic (exact) mass is 330 g/mol. The van der Waals surface area contributed by atoms with Gasteiger partial charge >= 0.3 is 0 Å². The predicted octanol–water partition coefficient (Wildman–Crippen LogP) is 4.11. The molecule has 132 valence electrons. The Labute approximate surface area is 145 Å². The van der Waals surface area contributed by atoms with Crippen molar-refractivity contribution in [3.05, 3.63) is 48.0 Å². The van der Waals surface area contributed by atoms with Crippen LogP contribution in [-0.2, 0) is 16.1 Å². The van der Waals surface area contributed by atoms with Gasteiger partial charge < -0.3 is 14.6 Å². The number of ether oxygens (including phenoxy) is 2. The van der Waals surface area contributed by atoms with Crippen LogP contribution in [-0.4, -0.2) is 30.5 Å². The highest BCUT2D eigenvalue weighted by Gasteiger charge is 2.48. The molecule has 24 heavy (non-hydrogen) atoms. The zero-order valence-corrected chi connectivity index (χ0v) is 14.5. The van der Waals surface area contributed by atoms with Crippen molar-refractivity contribution in [2.24, 2.45) is 11.8 Å². The average Bonchev–Trinajstić information content (AvgIpc) is 3.21. The van der Waals surface area contributed by atoms with E-state index in [0.717, 1.165) is 32.3 Å². The van der Waals surface area contributed by atoms with Crippen molar-refractivity contribution in [2.45, 2.75) is 57.3 Å². The molecule has 2 bridgehead atoms. The van der Waals surface area contributed by atoms with Crippen molar-refractivity contribution in [1.29, 1.82) is 0 Å². The molecule has 3 heteroatoms. The number of unbranched alkanes of at least 4 members (excludes halogenated alkanes) is 2. The van der Waals surface area contributed by atoms with Gasteiger partial charge in [-0.2, -0.15) is 0 Å². The molecule has 2 aliphatic heterocycles. The van der Waals surface area contributed by atoms with E-state index in [2.05, 4.69) is 36.4 Å². The van der Waals surface area contributed by atoms with Gasteiger partial charge in [0.2, 0.25) is 0 Å². The largest absolute Gasteiger partial charge is 0.396 e. The molecule has 1 N–H and O–H groups in total. The summed E-state index contributed by atoms with van der Waals surface area (Å²) in [6, 6.07) is 10.4. The van der Waals surface area contributed by atoms with Gasteiger partial charge in [0.15, 0.2) is 0 Å². The lowest BCUT2D eigenvalue weighted by Crippen LogP contribution is -2.30. The highest BCUT2D eigenvalue weighted by Crippen LogP contribution is 2.45. The normalized spacial score (nSPS) is 28.9. The first-order valence-electron chi connectivity index (χ1n) is 9.41. The standard InChI is InChI=1S/C21H30O3/c22-14-8-3-1-2-7-11-18-19(21-13-12-20(18)24-21)16-23-15-17-9-5-4-6-10-17/h2,4-7,9-10,18-22H,1,3,8,11-16H2/t18-,19+,20-,21+/m0/s1. The van der Waals surface area contributed by atoms with Gasteiger partial charge in [-0.3, -0.25) is 0 Å². The van der Waals surface area contributed by atoms with Gasteiger partial charge in [0.05, 0.1) is 25.4 Å². The van der Waals surface area contributed by atoms with Crippen LogP contribution < -0.4 is 0 Å². The van der Waals surface area contributed by atoms with Crippen molar-refractivity contribution < 1.29 is 14.6 Å². The van der Waals surface area contributed by atoms with E-state index >= 15 is 0 Å². The number of aliphatic hydroxyl groups is 1. The van der Waals surface area contributed by atoms with Gasteiger partial charge in [-0.15, -0.1) is 0 Å². The van der Waals surface area contributed by atoms with E-state index in [1.54, 1.807) is 0 Å². The summed E-state index contributed by atoms with van der Waals surface area (Å²) >= 11 is 0. The van der Waals surface area contributed by atoms with Crippen LogP contribution in [0.1, 0.15) is 44.1 Å². The number of allylic oxidation sites excluding steroid dienone is 2. The Kier molecular flexibility index (Phi) is 6.88. The van der Waals surface area contributed by atoms with Crippen LogP contribution in [0.4, 0.5) is 0 Å². The summed E-state index contributed by atoms with van der Waals surface area (Å²) in [6.45, 7) is 1.80. The fourth-order valence-corrected chi connectivity index (χ4v) is 4.06.